The van der Waals surface area contributed by atoms with Crippen LogP contribution >= 0.6 is 15.9 Å². The summed E-state index contributed by atoms with van der Waals surface area (Å²) in [5.41, 5.74) is 0. The molecule has 1 aliphatic heterocycles. The number of imidazole rings is 1. The predicted octanol–water partition coefficient (Wildman–Crippen LogP) is 1.41. The van der Waals surface area contributed by atoms with Crippen molar-refractivity contribution in [2.24, 2.45) is 7.05 Å². The van der Waals surface area contributed by atoms with Crippen molar-refractivity contribution >= 4 is 21.9 Å². The summed E-state index contributed by atoms with van der Waals surface area (Å²) >= 11 is 3.46. The molecule has 0 spiro atoms. The van der Waals surface area contributed by atoms with Crippen LogP contribution in [-0.4, -0.2) is 40.2 Å². The number of halogens is 1. The maximum Gasteiger partial charge on any atom is 0.205 e. The van der Waals surface area contributed by atoms with Crippen LogP contribution in [0.5, 0.6) is 0 Å². The molecule has 0 N–H and O–H groups in total. The number of hydrogen-bond donors (Lipinski definition) is 0. The lowest BCUT2D eigenvalue weighted by molar-refractivity contribution is 0.0371. The Morgan fingerprint density at radius 3 is 3.07 bits per heavy atom. The molecule has 0 bridgehead atoms. The molecule has 2 heterocycles. The van der Waals surface area contributed by atoms with Gasteiger partial charge in [-0.1, -0.05) is 15.9 Å². The summed E-state index contributed by atoms with van der Waals surface area (Å²) in [5.74, 6) is 1.02. The van der Waals surface area contributed by atoms with Crippen LogP contribution < -0.4 is 4.90 Å². The van der Waals surface area contributed by atoms with Crippen molar-refractivity contribution in [3.63, 3.8) is 0 Å². The second-order valence-electron chi connectivity index (χ2n) is 3.95. The van der Waals surface area contributed by atoms with Gasteiger partial charge in [-0.05, 0) is 6.92 Å². The van der Waals surface area contributed by atoms with Crippen molar-refractivity contribution in [1.29, 1.82) is 0 Å². The van der Waals surface area contributed by atoms with E-state index in [1.54, 1.807) is 0 Å². The van der Waals surface area contributed by atoms with E-state index < -0.39 is 0 Å². The molecule has 0 amide bonds. The molecule has 5 heteroatoms. The molecular formula is C10H16BrN3O. The first-order valence-electron chi connectivity index (χ1n) is 5.14. The van der Waals surface area contributed by atoms with Crippen molar-refractivity contribution in [3.05, 3.63) is 12.4 Å². The van der Waals surface area contributed by atoms with Crippen LogP contribution in [0.15, 0.2) is 12.4 Å². The van der Waals surface area contributed by atoms with Gasteiger partial charge in [-0.2, -0.15) is 0 Å². The maximum absolute atomic E-state index is 5.68. The van der Waals surface area contributed by atoms with E-state index in [4.69, 9.17) is 4.74 Å². The van der Waals surface area contributed by atoms with Gasteiger partial charge in [-0.25, -0.2) is 4.98 Å². The van der Waals surface area contributed by atoms with Gasteiger partial charge in [0.25, 0.3) is 0 Å². The van der Waals surface area contributed by atoms with Gasteiger partial charge < -0.3 is 14.2 Å². The number of anilines is 1. The molecule has 0 aromatic carbocycles. The van der Waals surface area contributed by atoms with E-state index in [0.717, 1.165) is 24.4 Å². The zero-order chi connectivity index (χ0) is 10.8. The molecule has 0 saturated carbocycles. The van der Waals surface area contributed by atoms with Crippen LogP contribution in [0.2, 0.25) is 0 Å². The van der Waals surface area contributed by atoms with Crippen LogP contribution in [0.3, 0.4) is 0 Å². The van der Waals surface area contributed by atoms with Crippen molar-refractivity contribution in [1.82, 2.24) is 9.55 Å². The molecule has 0 radical (unpaired) electrons. The Bertz CT molecular complexity index is 328. The van der Waals surface area contributed by atoms with Gasteiger partial charge in [0.2, 0.25) is 5.95 Å². The van der Waals surface area contributed by atoms with Gasteiger partial charge >= 0.3 is 0 Å². The van der Waals surface area contributed by atoms with E-state index in [0.29, 0.717) is 6.04 Å². The van der Waals surface area contributed by atoms with E-state index >= 15 is 0 Å². The lowest BCUT2D eigenvalue weighted by Gasteiger charge is -2.38. The molecule has 1 fully saturated rings. The molecule has 2 rings (SSSR count). The summed E-state index contributed by atoms with van der Waals surface area (Å²) in [7, 11) is 2.02. The minimum Gasteiger partial charge on any atom is -0.373 e. The van der Waals surface area contributed by atoms with Gasteiger partial charge in [-0.15, -0.1) is 0 Å². The van der Waals surface area contributed by atoms with E-state index in [2.05, 4.69) is 32.7 Å². The molecule has 84 valence electrons. The van der Waals surface area contributed by atoms with Crippen LogP contribution in [0, 0.1) is 0 Å². The fourth-order valence-electron chi connectivity index (χ4n) is 1.82. The third-order valence-electron chi connectivity index (χ3n) is 2.73. The highest BCUT2D eigenvalue weighted by Crippen LogP contribution is 2.19. The molecule has 4 nitrogen and oxygen atoms in total. The van der Waals surface area contributed by atoms with Gasteiger partial charge in [0.05, 0.1) is 18.8 Å². The Balaban J connectivity index is 2.16. The lowest BCUT2D eigenvalue weighted by Crippen LogP contribution is -2.49. The summed E-state index contributed by atoms with van der Waals surface area (Å²) in [6.45, 7) is 3.83. The number of hydrogen-bond acceptors (Lipinski definition) is 3. The quantitative estimate of drug-likeness (QED) is 0.764. The number of morpholine rings is 1. The molecule has 1 aliphatic rings. The largest absolute Gasteiger partial charge is 0.373 e. The summed E-state index contributed by atoms with van der Waals surface area (Å²) in [4.78, 5) is 6.68. The molecular weight excluding hydrogens is 258 g/mol. The number of aryl methyl sites for hydroxylation is 1. The zero-order valence-electron chi connectivity index (χ0n) is 9.06. The summed E-state index contributed by atoms with van der Waals surface area (Å²) in [5, 5.41) is 0.876. The Labute approximate surface area is 98.4 Å². The Kier molecular flexibility index (Phi) is 3.31. The minimum absolute atomic E-state index is 0.262. The van der Waals surface area contributed by atoms with Crippen molar-refractivity contribution in [2.75, 3.05) is 23.4 Å². The Hall–Kier alpha value is -0.550. The molecule has 2 unspecified atom stereocenters. The number of ether oxygens (including phenoxy) is 1. The number of aromatic nitrogens is 2. The SMILES string of the molecule is CC1COC(CBr)CN1c1nccn1C. The highest BCUT2D eigenvalue weighted by atomic mass is 79.9. The number of rotatable bonds is 2. The van der Waals surface area contributed by atoms with Crippen molar-refractivity contribution in [2.45, 2.75) is 19.1 Å². The molecule has 1 aromatic rings. The van der Waals surface area contributed by atoms with E-state index in [1.807, 2.05) is 24.0 Å². The molecule has 0 aliphatic carbocycles. The smallest absolute Gasteiger partial charge is 0.205 e. The molecule has 2 atom stereocenters. The Morgan fingerprint density at radius 1 is 1.67 bits per heavy atom. The second kappa shape index (κ2) is 4.53. The summed E-state index contributed by atoms with van der Waals surface area (Å²) < 4.78 is 7.73. The third kappa shape index (κ3) is 2.18. The fourth-order valence-corrected chi connectivity index (χ4v) is 2.22. The summed E-state index contributed by atoms with van der Waals surface area (Å²) in [6, 6.07) is 0.390. The van der Waals surface area contributed by atoms with Crippen molar-refractivity contribution in [3.8, 4) is 0 Å². The average Bonchev–Trinajstić information content (AvgIpc) is 2.65. The topological polar surface area (TPSA) is 30.3 Å². The standard InChI is InChI=1S/C10H16BrN3O/c1-8-7-15-9(5-11)6-14(8)10-12-3-4-13(10)2/h3-4,8-9H,5-7H2,1-2H3. The van der Waals surface area contributed by atoms with E-state index in [1.165, 1.54) is 0 Å². The monoisotopic (exact) mass is 273 g/mol. The Morgan fingerprint density at radius 2 is 2.47 bits per heavy atom. The lowest BCUT2D eigenvalue weighted by atomic mass is 10.2. The normalized spacial score (nSPS) is 27.0. The van der Waals surface area contributed by atoms with Crippen LogP contribution in [0.25, 0.3) is 0 Å². The highest BCUT2D eigenvalue weighted by Gasteiger charge is 2.27. The van der Waals surface area contributed by atoms with Gasteiger partial charge in [0.1, 0.15) is 0 Å². The van der Waals surface area contributed by atoms with E-state index in [-0.39, 0.29) is 6.10 Å². The van der Waals surface area contributed by atoms with Crippen molar-refractivity contribution < 1.29 is 4.74 Å². The fraction of sp³-hybridized carbons (Fsp3) is 0.700. The second-order valence-corrected chi connectivity index (χ2v) is 4.60. The highest BCUT2D eigenvalue weighted by molar-refractivity contribution is 9.09. The maximum atomic E-state index is 5.68. The van der Waals surface area contributed by atoms with Crippen LogP contribution in [0.1, 0.15) is 6.92 Å². The van der Waals surface area contributed by atoms with Gasteiger partial charge in [-0.3, -0.25) is 0 Å². The summed E-state index contributed by atoms with van der Waals surface area (Å²) in [6.07, 6.45) is 4.07. The molecule has 1 aromatic heterocycles. The van der Waals surface area contributed by atoms with Gasteiger partial charge in [0.15, 0.2) is 0 Å². The van der Waals surface area contributed by atoms with Gasteiger partial charge in [0, 0.05) is 31.3 Å². The number of alkyl halides is 1. The van der Waals surface area contributed by atoms with Crippen LogP contribution in [-0.2, 0) is 11.8 Å². The first kappa shape index (κ1) is 11.0. The van der Waals surface area contributed by atoms with Crippen LogP contribution in [0.4, 0.5) is 5.95 Å². The average molecular weight is 274 g/mol. The first-order valence-corrected chi connectivity index (χ1v) is 6.26. The minimum atomic E-state index is 0.262. The zero-order valence-corrected chi connectivity index (χ0v) is 10.6. The van der Waals surface area contributed by atoms with E-state index in [9.17, 15) is 0 Å². The first-order chi connectivity index (χ1) is 7.22. The third-order valence-corrected chi connectivity index (χ3v) is 3.45. The number of nitrogens with zero attached hydrogens (tertiary/aromatic N) is 3. The molecule has 1 saturated heterocycles. The molecule has 15 heavy (non-hydrogen) atoms. The predicted molar refractivity (Wildman–Crippen MR) is 63.6 cm³/mol.